The first-order valence-corrected chi connectivity index (χ1v) is 5.08. The first kappa shape index (κ1) is 10.3. The first-order valence-electron chi connectivity index (χ1n) is 5.08. The number of rotatable bonds is 1. The Bertz CT molecular complexity index is 592. The van der Waals surface area contributed by atoms with Gasteiger partial charge in [-0.1, -0.05) is 30.3 Å². The van der Waals surface area contributed by atoms with E-state index in [-0.39, 0.29) is 5.91 Å². The van der Waals surface area contributed by atoms with Gasteiger partial charge in [0.05, 0.1) is 0 Å². The predicted octanol–water partition coefficient (Wildman–Crippen LogP) is 3.23. The topological polar surface area (TPSA) is 29.4 Å². The van der Waals surface area contributed by atoms with Gasteiger partial charge in [-0.2, -0.15) is 4.99 Å². The van der Waals surface area contributed by atoms with Gasteiger partial charge in [0.2, 0.25) is 0 Å². The van der Waals surface area contributed by atoms with Crippen molar-refractivity contribution in [3.05, 3.63) is 54.1 Å². The fourth-order valence-electron chi connectivity index (χ4n) is 1.51. The molecule has 0 bridgehead atoms. The maximum absolute atomic E-state index is 11.6. The Kier molecular flexibility index (Phi) is 2.95. The van der Waals surface area contributed by atoms with Crippen LogP contribution in [-0.4, -0.2) is 11.8 Å². The van der Waals surface area contributed by atoms with E-state index >= 15 is 0 Å². The third-order valence-electron chi connectivity index (χ3n) is 2.29. The minimum Gasteiger partial charge on any atom is -0.266 e. The number of amides is 1. The number of aliphatic imine (C=N–C) groups is 1. The van der Waals surface area contributed by atoms with Crippen LogP contribution in [0.2, 0.25) is 0 Å². The van der Waals surface area contributed by atoms with Crippen molar-refractivity contribution in [3.8, 4) is 0 Å². The maximum Gasteiger partial charge on any atom is 0.285 e. The molecule has 0 heterocycles. The van der Waals surface area contributed by atoms with Crippen LogP contribution in [0.25, 0.3) is 10.8 Å². The third kappa shape index (κ3) is 2.08. The van der Waals surface area contributed by atoms with Crippen molar-refractivity contribution in [2.45, 2.75) is 6.92 Å². The van der Waals surface area contributed by atoms with E-state index in [1.807, 2.05) is 36.4 Å². The van der Waals surface area contributed by atoms with Gasteiger partial charge in [-0.3, -0.25) is 4.79 Å². The quantitative estimate of drug-likeness (QED) is 0.663. The molecule has 1 amide bonds. The van der Waals surface area contributed by atoms with E-state index in [1.54, 1.807) is 19.1 Å². The third-order valence-corrected chi connectivity index (χ3v) is 2.29. The van der Waals surface area contributed by atoms with Gasteiger partial charge in [0.15, 0.2) is 0 Å². The van der Waals surface area contributed by atoms with E-state index in [0.717, 1.165) is 10.8 Å². The zero-order valence-electron chi connectivity index (χ0n) is 8.97. The molecule has 78 valence electrons. The molecule has 0 aliphatic heterocycles. The standard InChI is InChI=1S/C14H11NO/c1-2-9-15-14(16)13-8-7-11-5-3-4-6-12(11)10-13/h2-8,10H,1H3. The second-order valence-corrected chi connectivity index (χ2v) is 3.40. The molecule has 2 aromatic carbocycles. The van der Waals surface area contributed by atoms with Gasteiger partial charge < -0.3 is 0 Å². The van der Waals surface area contributed by atoms with Gasteiger partial charge in [-0.15, -0.1) is 0 Å². The Hall–Kier alpha value is -2.18. The Morgan fingerprint density at radius 2 is 1.94 bits per heavy atom. The monoisotopic (exact) mass is 209 g/mol. The van der Waals surface area contributed by atoms with E-state index in [0.29, 0.717) is 5.56 Å². The smallest absolute Gasteiger partial charge is 0.266 e. The summed E-state index contributed by atoms with van der Waals surface area (Å²) in [6, 6.07) is 13.5. The van der Waals surface area contributed by atoms with Crippen LogP contribution in [0.15, 0.2) is 53.5 Å². The minimum atomic E-state index is -0.260. The molecular weight excluding hydrogens is 198 g/mol. The number of carbonyl (C=O) groups is 1. The molecule has 0 unspecified atom stereocenters. The lowest BCUT2D eigenvalue weighted by atomic mass is 10.1. The Labute approximate surface area is 93.9 Å². The molecule has 0 aromatic heterocycles. The van der Waals surface area contributed by atoms with E-state index in [2.05, 4.69) is 10.9 Å². The molecule has 0 N–H and O–H groups in total. The lowest BCUT2D eigenvalue weighted by molar-refractivity contribution is 0.100. The van der Waals surface area contributed by atoms with Crippen LogP contribution in [0.5, 0.6) is 0 Å². The second kappa shape index (κ2) is 4.56. The molecule has 0 atom stereocenters. The van der Waals surface area contributed by atoms with Crippen molar-refractivity contribution < 1.29 is 4.79 Å². The van der Waals surface area contributed by atoms with Crippen molar-refractivity contribution in [2.24, 2.45) is 4.99 Å². The summed E-state index contributed by atoms with van der Waals surface area (Å²) in [4.78, 5) is 15.3. The summed E-state index contributed by atoms with van der Waals surface area (Å²) >= 11 is 0. The molecule has 0 aliphatic rings. The van der Waals surface area contributed by atoms with Crippen LogP contribution < -0.4 is 0 Å². The maximum atomic E-state index is 11.6. The molecule has 16 heavy (non-hydrogen) atoms. The summed E-state index contributed by atoms with van der Waals surface area (Å²) in [5.74, 6) is 2.28. The van der Waals surface area contributed by atoms with Crippen LogP contribution in [0, 0.1) is 0 Å². The van der Waals surface area contributed by atoms with Crippen LogP contribution in [-0.2, 0) is 0 Å². The average Bonchev–Trinajstić information content (AvgIpc) is 2.35. The highest BCUT2D eigenvalue weighted by Gasteiger charge is 2.03. The zero-order valence-corrected chi connectivity index (χ0v) is 8.97. The summed E-state index contributed by atoms with van der Waals surface area (Å²) in [7, 11) is 0. The second-order valence-electron chi connectivity index (χ2n) is 3.40. The van der Waals surface area contributed by atoms with Gasteiger partial charge >= 0.3 is 0 Å². The summed E-state index contributed by atoms with van der Waals surface area (Å²) in [5.41, 5.74) is 0.591. The Morgan fingerprint density at radius 1 is 1.19 bits per heavy atom. The Morgan fingerprint density at radius 3 is 2.69 bits per heavy atom. The molecule has 2 heteroatoms. The highest BCUT2D eigenvalue weighted by Crippen LogP contribution is 2.15. The lowest BCUT2D eigenvalue weighted by Crippen LogP contribution is -1.93. The Balaban J connectivity index is 2.47. The zero-order chi connectivity index (χ0) is 11.4. The van der Waals surface area contributed by atoms with Crippen molar-refractivity contribution in [3.63, 3.8) is 0 Å². The first-order chi connectivity index (χ1) is 7.81. The van der Waals surface area contributed by atoms with Crippen molar-refractivity contribution >= 4 is 22.5 Å². The number of allylic oxidation sites excluding steroid dienone is 1. The van der Waals surface area contributed by atoms with E-state index in [9.17, 15) is 4.79 Å². The van der Waals surface area contributed by atoms with Crippen LogP contribution in [0.3, 0.4) is 0 Å². The van der Waals surface area contributed by atoms with E-state index < -0.39 is 0 Å². The predicted molar refractivity (Wildman–Crippen MR) is 66.0 cm³/mol. The van der Waals surface area contributed by atoms with E-state index in [1.165, 1.54) is 0 Å². The average molecular weight is 209 g/mol. The number of benzene rings is 2. The molecule has 0 fully saturated rings. The lowest BCUT2D eigenvalue weighted by Gasteiger charge is -1.98. The van der Waals surface area contributed by atoms with Crippen LogP contribution in [0.1, 0.15) is 17.3 Å². The molecule has 2 nitrogen and oxygen atoms in total. The SMILES string of the molecule is CC=C=NC(=O)c1ccc2ccccc2c1. The van der Waals surface area contributed by atoms with Crippen molar-refractivity contribution in [1.82, 2.24) is 0 Å². The number of hydrogen-bond acceptors (Lipinski definition) is 1. The molecule has 0 saturated carbocycles. The highest BCUT2D eigenvalue weighted by atomic mass is 16.1. The van der Waals surface area contributed by atoms with Gasteiger partial charge in [-0.25, -0.2) is 0 Å². The fourth-order valence-corrected chi connectivity index (χ4v) is 1.51. The van der Waals surface area contributed by atoms with Crippen molar-refractivity contribution in [1.29, 1.82) is 0 Å². The van der Waals surface area contributed by atoms with Crippen molar-refractivity contribution in [2.75, 3.05) is 0 Å². The number of hydrogen-bond donors (Lipinski definition) is 0. The van der Waals surface area contributed by atoms with Gasteiger partial charge in [0, 0.05) is 5.56 Å². The largest absolute Gasteiger partial charge is 0.285 e. The molecule has 0 radical (unpaired) electrons. The summed E-state index contributed by atoms with van der Waals surface area (Å²) < 4.78 is 0. The van der Waals surface area contributed by atoms with Crippen LogP contribution >= 0.6 is 0 Å². The summed E-state index contributed by atoms with van der Waals surface area (Å²) in [6.45, 7) is 1.77. The number of carbonyl (C=O) groups excluding carboxylic acids is 1. The van der Waals surface area contributed by atoms with Gasteiger partial charge in [0.1, 0.15) is 0 Å². The minimum absolute atomic E-state index is 0.260. The van der Waals surface area contributed by atoms with Crippen LogP contribution in [0.4, 0.5) is 0 Å². The molecule has 0 spiro atoms. The molecule has 2 rings (SSSR count). The molecule has 0 saturated heterocycles. The fraction of sp³-hybridized carbons (Fsp3) is 0.0714. The summed E-state index contributed by atoms with van der Waals surface area (Å²) in [6.07, 6.45) is 1.61. The number of fused-ring (bicyclic) bond motifs is 1. The highest BCUT2D eigenvalue weighted by molar-refractivity contribution is 6.01. The molecule has 0 aliphatic carbocycles. The normalized spacial score (nSPS) is 9.56. The van der Waals surface area contributed by atoms with Gasteiger partial charge in [0.25, 0.3) is 5.91 Å². The molecule has 2 aromatic rings. The summed E-state index contributed by atoms with van der Waals surface area (Å²) in [5, 5.41) is 2.16. The van der Waals surface area contributed by atoms with Gasteiger partial charge in [-0.05, 0) is 41.8 Å². The van der Waals surface area contributed by atoms with E-state index in [4.69, 9.17) is 0 Å². The number of nitrogens with zero attached hydrogens (tertiary/aromatic N) is 1. The molecular formula is C14H11NO.